The number of carbonyl (C=O) groups is 3. The van der Waals surface area contributed by atoms with Crippen LogP contribution in [0.5, 0.6) is 11.5 Å². The van der Waals surface area contributed by atoms with E-state index in [0.29, 0.717) is 18.6 Å². The Bertz CT molecular complexity index is 602. The molecule has 2 amide bonds. The van der Waals surface area contributed by atoms with Crippen molar-refractivity contribution in [2.45, 2.75) is 25.8 Å². The molecule has 0 aromatic heterocycles. The number of hydrogen-bond donors (Lipinski definition) is 3. The van der Waals surface area contributed by atoms with Crippen LogP contribution in [0.15, 0.2) is 18.2 Å². The summed E-state index contributed by atoms with van der Waals surface area (Å²) in [6.45, 7) is 1.65. The summed E-state index contributed by atoms with van der Waals surface area (Å²) in [6, 6.07) is 3.45. The fraction of sp³-hybridized carbons (Fsp3) is 0.438. The summed E-state index contributed by atoms with van der Waals surface area (Å²) in [7, 11) is 2.90. The van der Waals surface area contributed by atoms with Gasteiger partial charge in [0, 0.05) is 12.6 Å². The number of carboxylic acid groups (broad SMARTS) is 1. The van der Waals surface area contributed by atoms with E-state index in [2.05, 4.69) is 10.6 Å². The summed E-state index contributed by atoms with van der Waals surface area (Å²) in [5.41, 5.74) is 0.237. The lowest BCUT2D eigenvalue weighted by molar-refractivity contribution is -0.139. The maximum atomic E-state index is 12.2. The van der Waals surface area contributed by atoms with E-state index < -0.39 is 17.9 Å². The highest BCUT2D eigenvalue weighted by Crippen LogP contribution is 2.28. The fourth-order valence-electron chi connectivity index (χ4n) is 1.93. The molecule has 8 nitrogen and oxygen atoms in total. The predicted octanol–water partition coefficient (Wildman–Crippen LogP) is 0.803. The van der Waals surface area contributed by atoms with Crippen molar-refractivity contribution in [1.82, 2.24) is 10.6 Å². The van der Waals surface area contributed by atoms with Crippen molar-refractivity contribution in [3.8, 4) is 11.5 Å². The molecule has 1 rings (SSSR count). The first kappa shape index (κ1) is 19.3. The zero-order valence-electron chi connectivity index (χ0n) is 13.9. The van der Waals surface area contributed by atoms with Crippen molar-refractivity contribution < 1.29 is 29.0 Å². The fourth-order valence-corrected chi connectivity index (χ4v) is 1.93. The number of aliphatic carboxylic acids is 1. The lowest BCUT2D eigenvalue weighted by Gasteiger charge is -2.15. The van der Waals surface area contributed by atoms with Crippen molar-refractivity contribution in [1.29, 1.82) is 0 Å². The Kier molecular flexibility index (Phi) is 7.54. The third kappa shape index (κ3) is 5.45. The van der Waals surface area contributed by atoms with Crippen LogP contribution in [0.3, 0.4) is 0 Å². The molecule has 0 heterocycles. The van der Waals surface area contributed by atoms with Crippen LogP contribution in [0, 0.1) is 0 Å². The number of rotatable bonds is 9. The van der Waals surface area contributed by atoms with Crippen LogP contribution in [0.1, 0.15) is 30.1 Å². The van der Waals surface area contributed by atoms with Gasteiger partial charge in [-0.25, -0.2) is 4.79 Å². The van der Waals surface area contributed by atoms with E-state index in [1.54, 1.807) is 0 Å². The van der Waals surface area contributed by atoms with Crippen LogP contribution in [-0.2, 0) is 9.59 Å². The number of carboxylic acids is 1. The lowest BCUT2D eigenvalue weighted by Crippen LogP contribution is -2.40. The summed E-state index contributed by atoms with van der Waals surface area (Å²) >= 11 is 0. The van der Waals surface area contributed by atoms with Crippen LogP contribution in [0.25, 0.3) is 0 Å². The first-order chi connectivity index (χ1) is 11.4. The molecule has 132 valence electrons. The van der Waals surface area contributed by atoms with Gasteiger partial charge in [0.2, 0.25) is 0 Å². The van der Waals surface area contributed by atoms with Gasteiger partial charge in [0.1, 0.15) is 6.04 Å². The minimum Gasteiger partial charge on any atom is -0.493 e. The van der Waals surface area contributed by atoms with Gasteiger partial charge in [-0.2, -0.15) is 0 Å². The summed E-state index contributed by atoms with van der Waals surface area (Å²) in [5.74, 6) is -1.33. The molecule has 24 heavy (non-hydrogen) atoms. The number of methoxy groups -OCH3 is 1. The number of hydrogen-bond acceptors (Lipinski definition) is 5. The number of amides is 2. The van der Waals surface area contributed by atoms with Crippen LogP contribution >= 0.6 is 0 Å². The van der Waals surface area contributed by atoms with Crippen LogP contribution in [-0.4, -0.2) is 49.7 Å². The Balaban J connectivity index is 2.87. The van der Waals surface area contributed by atoms with E-state index in [-0.39, 0.29) is 23.8 Å². The molecule has 0 aliphatic heterocycles. The van der Waals surface area contributed by atoms with Crippen molar-refractivity contribution in [2.24, 2.45) is 0 Å². The second kappa shape index (κ2) is 9.39. The van der Waals surface area contributed by atoms with Gasteiger partial charge in [-0.1, -0.05) is 13.3 Å². The smallest absolute Gasteiger partial charge is 0.326 e. The SMILES string of the molecule is CCCC(NC(=O)c1ccc(OCC(=O)NC)c(OC)c1)C(=O)O. The van der Waals surface area contributed by atoms with Crippen molar-refractivity contribution in [3.63, 3.8) is 0 Å². The molecule has 1 atom stereocenters. The minimum absolute atomic E-state index is 0.185. The van der Waals surface area contributed by atoms with Gasteiger partial charge < -0.3 is 25.2 Å². The molecule has 0 aliphatic rings. The Morgan fingerprint density at radius 2 is 1.96 bits per heavy atom. The maximum absolute atomic E-state index is 12.2. The number of ether oxygens (including phenoxy) is 2. The third-order valence-corrected chi connectivity index (χ3v) is 3.24. The maximum Gasteiger partial charge on any atom is 0.326 e. The highest BCUT2D eigenvalue weighted by molar-refractivity contribution is 5.97. The quantitative estimate of drug-likeness (QED) is 0.614. The lowest BCUT2D eigenvalue weighted by atomic mass is 10.1. The van der Waals surface area contributed by atoms with Crippen molar-refractivity contribution >= 4 is 17.8 Å². The molecule has 0 radical (unpaired) electrons. The zero-order valence-corrected chi connectivity index (χ0v) is 13.9. The standard InChI is InChI=1S/C16H22N2O6/c1-4-5-11(16(21)22)18-15(20)10-6-7-12(13(8-10)23-3)24-9-14(19)17-2/h6-8,11H,4-5,9H2,1-3H3,(H,17,19)(H,18,20)(H,21,22). The summed E-state index contributed by atoms with van der Waals surface area (Å²) < 4.78 is 10.5. The molecule has 8 heteroatoms. The molecule has 0 bridgehead atoms. The predicted molar refractivity (Wildman–Crippen MR) is 86.4 cm³/mol. The van der Waals surface area contributed by atoms with Gasteiger partial charge in [-0.15, -0.1) is 0 Å². The molecular weight excluding hydrogens is 316 g/mol. The summed E-state index contributed by atoms with van der Waals surface area (Å²) in [5, 5.41) is 14.0. The molecule has 1 unspecified atom stereocenters. The van der Waals surface area contributed by atoms with E-state index in [9.17, 15) is 14.4 Å². The first-order valence-corrected chi connectivity index (χ1v) is 7.48. The molecule has 1 aromatic rings. The van der Waals surface area contributed by atoms with Crippen LogP contribution in [0.2, 0.25) is 0 Å². The van der Waals surface area contributed by atoms with Gasteiger partial charge in [-0.05, 0) is 24.6 Å². The van der Waals surface area contributed by atoms with Gasteiger partial charge in [0.15, 0.2) is 18.1 Å². The Labute approximate surface area is 140 Å². The van der Waals surface area contributed by atoms with E-state index >= 15 is 0 Å². The molecule has 3 N–H and O–H groups in total. The second-order valence-corrected chi connectivity index (χ2v) is 4.98. The molecule has 0 saturated heterocycles. The Morgan fingerprint density at radius 1 is 1.25 bits per heavy atom. The van der Waals surface area contributed by atoms with Crippen molar-refractivity contribution in [3.05, 3.63) is 23.8 Å². The van der Waals surface area contributed by atoms with Crippen molar-refractivity contribution in [2.75, 3.05) is 20.8 Å². The molecule has 0 fully saturated rings. The minimum atomic E-state index is -1.08. The second-order valence-electron chi connectivity index (χ2n) is 4.98. The monoisotopic (exact) mass is 338 g/mol. The number of benzene rings is 1. The number of carbonyl (C=O) groups excluding carboxylic acids is 2. The van der Waals surface area contributed by atoms with E-state index in [4.69, 9.17) is 14.6 Å². The average molecular weight is 338 g/mol. The molecule has 1 aromatic carbocycles. The van der Waals surface area contributed by atoms with E-state index in [1.165, 1.54) is 32.4 Å². The van der Waals surface area contributed by atoms with Gasteiger partial charge >= 0.3 is 5.97 Å². The Hall–Kier alpha value is -2.77. The highest BCUT2D eigenvalue weighted by Gasteiger charge is 2.20. The van der Waals surface area contributed by atoms with Crippen LogP contribution < -0.4 is 20.1 Å². The van der Waals surface area contributed by atoms with Gasteiger partial charge in [-0.3, -0.25) is 9.59 Å². The summed E-state index contributed by atoms with van der Waals surface area (Å²) in [4.78, 5) is 34.5. The topological polar surface area (TPSA) is 114 Å². The van der Waals surface area contributed by atoms with E-state index in [1.807, 2.05) is 6.92 Å². The number of likely N-dealkylation sites (N-methyl/N-ethyl adjacent to an activating group) is 1. The van der Waals surface area contributed by atoms with Gasteiger partial charge in [0.25, 0.3) is 11.8 Å². The van der Waals surface area contributed by atoms with Gasteiger partial charge in [0.05, 0.1) is 7.11 Å². The van der Waals surface area contributed by atoms with Crippen LogP contribution in [0.4, 0.5) is 0 Å². The molecular formula is C16H22N2O6. The zero-order chi connectivity index (χ0) is 18.1. The van der Waals surface area contributed by atoms with E-state index in [0.717, 1.165) is 0 Å². The summed E-state index contributed by atoms with van der Waals surface area (Å²) in [6.07, 6.45) is 0.971. The largest absolute Gasteiger partial charge is 0.493 e. The molecule has 0 saturated carbocycles. The first-order valence-electron chi connectivity index (χ1n) is 7.48. The highest BCUT2D eigenvalue weighted by atomic mass is 16.5. The number of nitrogens with one attached hydrogen (secondary N) is 2. The molecule has 0 aliphatic carbocycles. The Morgan fingerprint density at radius 3 is 2.50 bits per heavy atom. The normalized spacial score (nSPS) is 11.3. The third-order valence-electron chi connectivity index (χ3n) is 3.24. The average Bonchev–Trinajstić information content (AvgIpc) is 2.58. The molecule has 0 spiro atoms.